The van der Waals surface area contributed by atoms with Crippen molar-refractivity contribution in [1.82, 2.24) is 15.4 Å². The van der Waals surface area contributed by atoms with E-state index in [1.165, 1.54) is 16.7 Å². The second kappa shape index (κ2) is 11.6. The first-order valence-corrected chi connectivity index (χ1v) is 13.1. The van der Waals surface area contributed by atoms with Crippen LogP contribution in [-0.2, 0) is 26.1 Å². The fourth-order valence-electron chi connectivity index (χ4n) is 4.78. The summed E-state index contributed by atoms with van der Waals surface area (Å²) in [5.74, 6) is -1.90. The number of nitrogens with one attached hydrogen (secondary N) is 1. The van der Waals surface area contributed by atoms with Crippen molar-refractivity contribution >= 4 is 35.5 Å². The smallest absolute Gasteiger partial charge is 0.347 e. The fourth-order valence-corrected chi connectivity index (χ4v) is 6.41. The normalized spacial score (nSPS) is 20.6. The number of fused-ring (bicyclic) bond motifs is 1. The van der Waals surface area contributed by atoms with Crippen LogP contribution in [0.15, 0.2) is 59.4 Å². The first kappa shape index (κ1) is 29.5. The lowest BCUT2D eigenvalue weighted by atomic mass is 9.95. The summed E-state index contributed by atoms with van der Waals surface area (Å²) in [4.78, 5) is 53.0. The molecule has 11 nitrogen and oxygen atoms in total. The second-order valence-corrected chi connectivity index (χ2v) is 11.6. The maximum absolute atomic E-state index is 13.2. The molecule has 0 saturated carbocycles. The zero-order valence-electron chi connectivity index (χ0n) is 22.1. The van der Waals surface area contributed by atoms with Crippen molar-refractivity contribution in [1.29, 1.82) is 0 Å². The molecule has 2 aliphatic rings. The van der Waals surface area contributed by atoms with Gasteiger partial charge in [-0.3, -0.25) is 9.59 Å². The Hall–Kier alpha value is -3.46. The molecule has 2 saturated heterocycles. The third kappa shape index (κ3) is 5.44. The number of esters is 2. The molecule has 3 atom stereocenters. The van der Waals surface area contributed by atoms with Gasteiger partial charge in [-0.2, -0.15) is 0 Å². The predicted molar refractivity (Wildman–Crippen MR) is 138 cm³/mol. The standard InChI is InChI=1S/C27H26N4O7S.HI/c1-15-18(19(29-38-15)16-9-6-5-7-10-16)22(32)28-20-23(33)31-21(27(2,3)39-24(20)31)26(35)37-14-36-25(34)17-11-8-12-30(4)13-17;/h5-13,20-21,24H,14H2,1-4H3;1H/t20-,21+,24-;/m0./s1. The maximum Gasteiger partial charge on any atom is 0.347 e. The van der Waals surface area contributed by atoms with Crippen LogP contribution in [0.2, 0.25) is 0 Å². The van der Waals surface area contributed by atoms with Gasteiger partial charge in [-0.25, -0.2) is 14.2 Å². The summed E-state index contributed by atoms with van der Waals surface area (Å²) in [5, 5.41) is 6.36. The molecule has 0 aliphatic carbocycles. The lowest BCUT2D eigenvalue weighted by Gasteiger charge is -2.43. The summed E-state index contributed by atoms with van der Waals surface area (Å²) in [6.45, 7) is 4.69. The largest absolute Gasteiger partial charge is 1.00 e. The Bertz CT molecular complexity index is 1460. The molecule has 0 radical (unpaired) electrons. The van der Waals surface area contributed by atoms with Crippen LogP contribution in [-0.4, -0.2) is 62.8 Å². The number of rotatable bonds is 7. The van der Waals surface area contributed by atoms with Crippen molar-refractivity contribution in [2.75, 3.05) is 6.79 Å². The van der Waals surface area contributed by atoms with Gasteiger partial charge in [0.1, 0.15) is 47.1 Å². The number of carbonyl (C=O) groups is 4. The topological polar surface area (TPSA) is 132 Å². The van der Waals surface area contributed by atoms with Crippen molar-refractivity contribution in [3.63, 3.8) is 0 Å². The van der Waals surface area contributed by atoms with Crippen molar-refractivity contribution < 1.29 is 61.7 Å². The first-order chi connectivity index (χ1) is 18.6. The number of nitrogens with zero attached hydrogens (tertiary/aromatic N) is 3. The molecule has 1 aromatic carbocycles. The van der Waals surface area contributed by atoms with Gasteiger partial charge in [-0.1, -0.05) is 35.5 Å². The van der Waals surface area contributed by atoms with Crippen LogP contribution in [0.3, 0.4) is 0 Å². The van der Waals surface area contributed by atoms with E-state index in [0.29, 0.717) is 22.6 Å². The minimum absolute atomic E-state index is 0. The van der Waals surface area contributed by atoms with Gasteiger partial charge in [0, 0.05) is 16.4 Å². The van der Waals surface area contributed by atoms with Crippen LogP contribution in [0, 0.1) is 6.92 Å². The van der Waals surface area contributed by atoms with E-state index in [0.717, 1.165) is 0 Å². The number of thioether (sulfide) groups is 1. The molecule has 3 aromatic rings. The maximum atomic E-state index is 13.2. The minimum Gasteiger partial charge on any atom is -1.00 e. The van der Waals surface area contributed by atoms with Gasteiger partial charge in [0.2, 0.25) is 12.7 Å². The quantitative estimate of drug-likeness (QED) is 0.110. The molecule has 40 heavy (non-hydrogen) atoms. The summed E-state index contributed by atoms with van der Waals surface area (Å²) >= 11 is 1.39. The molecule has 2 amide bonds. The van der Waals surface area contributed by atoms with E-state index in [2.05, 4.69) is 10.5 Å². The van der Waals surface area contributed by atoms with E-state index in [1.54, 1.807) is 43.1 Å². The zero-order valence-corrected chi connectivity index (χ0v) is 25.1. The van der Waals surface area contributed by atoms with Crippen LogP contribution < -0.4 is 33.9 Å². The summed E-state index contributed by atoms with van der Waals surface area (Å²) < 4.78 is 16.6. The molecule has 2 aliphatic heterocycles. The van der Waals surface area contributed by atoms with Crippen molar-refractivity contribution in [3.05, 3.63) is 71.7 Å². The molecule has 13 heteroatoms. The Balaban J connectivity index is 0.00000370. The van der Waals surface area contributed by atoms with Gasteiger partial charge in [0.15, 0.2) is 12.4 Å². The van der Waals surface area contributed by atoms with Crippen LogP contribution >= 0.6 is 11.8 Å². The second-order valence-electron chi connectivity index (χ2n) is 9.81. The van der Waals surface area contributed by atoms with E-state index >= 15 is 0 Å². The van der Waals surface area contributed by atoms with Crippen molar-refractivity contribution in [3.8, 4) is 11.3 Å². The van der Waals surface area contributed by atoms with E-state index in [9.17, 15) is 19.2 Å². The zero-order chi connectivity index (χ0) is 27.9. The number of aromatic nitrogens is 2. The molecular weight excluding hydrogens is 651 g/mol. The van der Waals surface area contributed by atoms with E-state index in [4.69, 9.17) is 14.0 Å². The first-order valence-electron chi connectivity index (χ1n) is 12.2. The highest BCUT2D eigenvalue weighted by Crippen LogP contribution is 2.51. The number of hydrogen-bond donors (Lipinski definition) is 1. The van der Waals surface area contributed by atoms with Crippen LogP contribution in [0.1, 0.15) is 40.3 Å². The Labute approximate surface area is 251 Å². The molecule has 0 bridgehead atoms. The molecule has 210 valence electrons. The number of amides is 2. The van der Waals surface area contributed by atoms with Crippen LogP contribution in [0.5, 0.6) is 0 Å². The highest BCUT2D eigenvalue weighted by atomic mass is 127. The van der Waals surface area contributed by atoms with Gasteiger partial charge in [0.25, 0.3) is 5.91 Å². The number of halogens is 1. The summed E-state index contributed by atoms with van der Waals surface area (Å²) in [6, 6.07) is 10.7. The monoisotopic (exact) mass is 678 g/mol. The van der Waals surface area contributed by atoms with E-state index < -0.39 is 52.8 Å². The molecule has 2 fully saturated rings. The Morgan fingerprint density at radius 3 is 2.58 bits per heavy atom. The van der Waals surface area contributed by atoms with Crippen molar-refractivity contribution in [2.24, 2.45) is 7.05 Å². The number of ether oxygens (including phenoxy) is 2. The number of benzene rings is 1. The number of hydrogen-bond acceptors (Lipinski definition) is 9. The molecule has 2 aromatic heterocycles. The summed E-state index contributed by atoms with van der Waals surface area (Å²) in [5.41, 5.74) is 1.65. The summed E-state index contributed by atoms with van der Waals surface area (Å²) in [7, 11) is 1.77. The van der Waals surface area contributed by atoms with Crippen molar-refractivity contribution in [2.45, 2.75) is 43.0 Å². The predicted octanol–water partition coefficient (Wildman–Crippen LogP) is -1.00. The van der Waals surface area contributed by atoms with Gasteiger partial charge in [-0.15, -0.1) is 11.8 Å². The van der Waals surface area contributed by atoms with Crippen LogP contribution in [0.25, 0.3) is 11.3 Å². The highest BCUT2D eigenvalue weighted by Gasteiger charge is 2.64. The van der Waals surface area contributed by atoms with Crippen LogP contribution in [0.4, 0.5) is 0 Å². The molecule has 5 rings (SSSR count). The lowest BCUT2D eigenvalue weighted by molar-refractivity contribution is -0.671. The van der Waals surface area contributed by atoms with Gasteiger partial charge in [0.05, 0.1) is 0 Å². The fraction of sp³-hybridized carbons (Fsp3) is 0.333. The van der Waals surface area contributed by atoms with Gasteiger partial charge >= 0.3 is 11.9 Å². The third-order valence-electron chi connectivity index (χ3n) is 6.65. The molecular formula is C27H27IN4O7S. The molecule has 4 heterocycles. The molecule has 0 spiro atoms. The Morgan fingerprint density at radius 1 is 1.15 bits per heavy atom. The average molecular weight is 679 g/mol. The lowest BCUT2D eigenvalue weighted by Crippen LogP contribution is -3.00. The van der Waals surface area contributed by atoms with Gasteiger partial charge in [-0.05, 0) is 26.8 Å². The third-order valence-corrected chi connectivity index (χ3v) is 8.23. The van der Waals surface area contributed by atoms with Gasteiger partial charge < -0.3 is 48.2 Å². The minimum atomic E-state index is -0.918. The Kier molecular flexibility index (Phi) is 8.54. The number of β-lactam (4-membered cyclic amide) rings is 1. The Morgan fingerprint density at radius 2 is 1.88 bits per heavy atom. The molecule has 1 N–H and O–H groups in total. The number of aryl methyl sites for hydroxylation is 2. The summed E-state index contributed by atoms with van der Waals surface area (Å²) in [6.07, 6.45) is 3.35. The SMILES string of the molecule is Cc1onc(-c2ccccc2)c1C(=O)N[C@H]1C(=O)N2[C@H]1SC(C)(C)[C@H]2C(=O)OCOC(=O)c1ccc[n+](C)c1.[I-]. The number of pyridine rings is 1. The molecule has 0 unspecified atom stereocenters. The number of carbonyl (C=O) groups excluding carboxylic acids is 4. The highest BCUT2D eigenvalue weighted by molar-refractivity contribution is 8.01. The van der Waals surface area contributed by atoms with E-state index in [-0.39, 0.29) is 29.5 Å². The van der Waals surface area contributed by atoms with E-state index in [1.807, 2.05) is 44.2 Å². The average Bonchev–Trinajstić information content (AvgIpc) is 3.42.